The molecule has 1 heterocycles. The van der Waals surface area contributed by atoms with E-state index in [1.54, 1.807) is 19.9 Å². The molecule has 1 rings (SSSR count). The second-order valence-corrected chi connectivity index (χ2v) is 3.75. The van der Waals surface area contributed by atoms with Crippen molar-refractivity contribution in [2.24, 2.45) is 0 Å². The molecule has 0 aliphatic carbocycles. The van der Waals surface area contributed by atoms with Gasteiger partial charge in [0.1, 0.15) is 11.7 Å². The summed E-state index contributed by atoms with van der Waals surface area (Å²) in [4.78, 5) is 26.8. The zero-order valence-corrected chi connectivity index (χ0v) is 10.3. The number of hydrogen-bond acceptors (Lipinski definition) is 4. The second-order valence-electron chi connectivity index (χ2n) is 3.31. The molecule has 1 amide bonds. The third-order valence-electron chi connectivity index (χ3n) is 1.95. The summed E-state index contributed by atoms with van der Waals surface area (Å²) in [5.74, 6) is -0.919. The molecule has 1 N–H and O–H groups in total. The molecule has 0 aliphatic rings. The molecule has 1 aromatic rings. The molecule has 1 atom stereocenters. The van der Waals surface area contributed by atoms with Crippen molar-refractivity contribution in [1.29, 1.82) is 0 Å². The summed E-state index contributed by atoms with van der Waals surface area (Å²) in [6.07, 6.45) is 1.37. The normalized spacial score (nSPS) is 11.7. The van der Waals surface area contributed by atoms with Gasteiger partial charge in [-0.05, 0) is 26.0 Å². The highest BCUT2D eigenvalue weighted by molar-refractivity contribution is 6.30. The van der Waals surface area contributed by atoms with E-state index < -0.39 is 17.9 Å². The number of amides is 1. The summed E-state index contributed by atoms with van der Waals surface area (Å²) in [5, 5.41) is 2.93. The zero-order valence-electron chi connectivity index (χ0n) is 9.57. The van der Waals surface area contributed by atoms with Gasteiger partial charge in [0, 0.05) is 6.20 Å². The number of esters is 1. The largest absolute Gasteiger partial charge is 0.464 e. The molecule has 0 radical (unpaired) electrons. The highest BCUT2D eigenvalue weighted by atomic mass is 35.5. The third-order valence-corrected chi connectivity index (χ3v) is 2.17. The van der Waals surface area contributed by atoms with Crippen LogP contribution in [-0.4, -0.2) is 29.5 Å². The molecule has 0 bridgehead atoms. The Kier molecular flexibility index (Phi) is 4.90. The Bertz CT molecular complexity index is 406. The van der Waals surface area contributed by atoms with Gasteiger partial charge in [-0.1, -0.05) is 11.6 Å². The van der Waals surface area contributed by atoms with E-state index in [-0.39, 0.29) is 12.3 Å². The van der Waals surface area contributed by atoms with Crippen LogP contribution in [0.4, 0.5) is 0 Å². The summed E-state index contributed by atoms with van der Waals surface area (Å²) >= 11 is 5.65. The number of carbonyl (C=O) groups excluding carboxylic acids is 2. The fraction of sp³-hybridized carbons (Fsp3) is 0.364. The first-order valence-corrected chi connectivity index (χ1v) is 5.51. The summed E-state index contributed by atoms with van der Waals surface area (Å²) in [5.41, 5.74) is 0.200. The van der Waals surface area contributed by atoms with Crippen LogP contribution in [0.1, 0.15) is 24.3 Å². The number of hydrogen-bond donors (Lipinski definition) is 1. The maximum absolute atomic E-state index is 11.7. The van der Waals surface area contributed by atoms with Crippen molar-refractivity contribution in [1.82, 2.24) is 10.3 Å². The van der Waals surface area contributed by atoms with Gasteiger partial charge in [0.2, 0.25) is 0 Å². The third kappa shape index (κ3) is 4.03. The van der Waals surface area contributed by atoms with Crippen molar-refractivity contribution in [3.63, 3.8) is 0 Å². The highest BCUT2D eigenvalue weighted by Crippen LogP contribution is 2.06. The lowest BCUT2D eigenvalue weighted by molar-refractivity contribution is -0.144. The Balaban J connectivity index is 2.60. The smallest absolute Gasteiger partial charge is 0.328 e. The lowest BCUT2D eigenvalue weighted by Crippen LogP contribution is -2.39. The molecule has 0 saturated heterocycles. The van der Waals surface area contributed by atoms with Crippen LogP contribution in [0.3, 0.4) is 0 Å². The van der Waals surface area contributed by atoms with Crippen molar-refractivity contribution in [3.8, 4) is 0 Å². The van der Waals surface area contributed by atoms with Gasteiger partial charge in [-0.2, -0.15) is 0 Å². The van der Waals surface area contributed by atoms with Crippen molar-refractivity contribution in [2.75, 3.05) is 6.61 Å². The average Bonchev–Trinajstić information content (AvgIpc) is 2.30. The minimum absolute atomic E-state index is 0.200. The number of halogens is 1. The van der Waals surface area contributed by atoms with Crippen molar-refractivity contribution in [2.45, 2.75) is 19.9 Å². The van der Waals surface area contributed by atoms with Crippen LogP contribution in [0, 0.1) is 0 Å². The first-order chi connectivity index (χ1) is 8.04. The number of rotatable bonds is 4. The van der Waals surface area contributed by atoms with Crippen molar-refractivity contribution < 1.29 is 14.3 Å². The van der Waals surface area contributed by atoms with E-state index in [1.807, 2.05) is 0 Å². The molecule has 0 fully saturated rings. The van der Waals surface area contributed by atoms with Crippen LogP contribution in [0.15, 0.2) is 18.3 Å². The van der Waals surface area contributed by atoms with Gasteiger partial charge in [0.25, 0.3) is 5.91 Å². The van der Waals surface area contributed by atoms with Crippen molar-refractivity contribution in [3.05, 3.63) is 29.0 Å². The number of ether oxygens (including phenoxy) is 1. The number of nitrogens with one attached hydrogen (secondary N) is 1. The van der Waals surface area contributed by atoms with Crippen molar-refractivity contribution >= 4 is 23.5 Å². The van der Waals surface area contributed by atoms with Gasteiger partial charge in [-0.25, -0.2) is 9.78 Å². The van der Waals surface area contributed by atoms with E-state index in [0.29, 0.717) is 5.02 Å². The number of aromatic nitrogens is 1. The van der Waals surface area contributed by atoms with Gasteiger partial charge >= 0.3 is 5.97 Å². The topological polar surface area (TPSA) is 68.3 Å². The van der Waals surface area contributed by atoms with Crippen LogP contribution in [0.2, 0.25) is 5.02 Å². The Labute approximate surface area is 104 Å². The lowest BCUT2D eigenvalue weighted by atomic mass is 10.3. The first kappa shape index (κ1) is 13.4. The van der Waals surface area contributed by atoms with Gasteiger partial charge in [0.05, 0.1) is 11.6 Å². The van der Waals surface area contributed by atoms with Gasteiger partial charge in [0.15, 0.2) is 0 Å². The second kappa shape index (κ2) is 6.20. The lowest BCUT2D eigenvalue weighted by Gasteiger charge is -2.11. The van der Waals surface area contributed by atoms with Gasteiger partial charge in [-0.3, -0.25) is 4.79 Å². The van der Waals surface area contributed by atoms with Crippen LogP contribution < -0.4 is 5.32 Å². The standard InChI is InChI=1S/C11H13ClN2O3/c1-3-17-11(16)7(2)14-10(15)9-5-4-8(12)6-13-9/h4-7H,3H2,1-2H3,(H,14,15). The zero-order chi connectivity index (χ0) is 12.8. The summed E-state index contributed by atoms with van der Waals surface area (Å²) in [6.45, 7) is 3.53. The minimum atomic E-state index is -0.708. The van der Waals surface area contributed by atoms with Crippen LogP contribution in [-0.2, 0) is 9.53 Å². The molecule has 1 unspecified atom stereocenters. The highest BCUT2D eigenvalue weighted by Gasteiger charge is 2.17. The van der Waals surface area contributed by atoms with Crippen LogP contribution >= 0.6 is 11.6 Å². The molecule has 0 aromatic carbocycles. The molecule has 6 heteroatoms. The summed E-state index contributed by atoms with van der Waals surface area (Å²) in [7, 11) is 0. The van der Waals surface area contributed by atoms with E-state index >= 15 is 0 Å². The molecule has 17 heavy (non-hydrogen) atoms. The quantitative estimate of drug-likeness (QED) is 0.828. The molecular formula is C11H13ClN2O3. The van der Waals surface area contributed by atoms with E-state index in [9.17, 15) is 9.59 Å². The van der Waals surface area contributed by atoms with Gasteiger partial charge in [-0.15, -0.1) is 0 Å². The predicted molar refractivity (Wildman–Crippen MR) is 62.8 cm³/mol. The molecule has 0 saturated carbocycles. The summed E-state index contributed by atoms with van der Waals surface area (Å²) in [6, 6.07) is 2.33. The molecule has 1 aromatic heterocycles. The number of carbonyl (C=O) groups is 2. The molecule has 0 spiro atoms. The predicted octanol–water partition coefficient (Wildman–Crippen LogP) is 1.42. The number of pyridine rings is 1. The van der Waals surface area contributed by atoms with E-state index in [1.165, 1.54) is 12.3 Å². The van der Waals surface area contributed by atoms with Gasteiger partial charge < -0.3 is 10.1 Å². The van der Waals surface area contributed by atoms with E-state index in [2.05, 4.69) is 10.3 Å². The Hall–Kier alpha value is -1.62. The minimum Gasteiger partial charge on any atom is -0.464 e. The molecule has 92 valence electrons. The fourth-order valence-corrected chi connectivity index (χ4v) is 1.22. The maximum atomic E-state index is 11.7. The maximum Gasteiger partial charge on any atom is 0.328 e. The monoisotopic (exact) mass is 256 g/mol. The molecular weight excluding hydrogens is 244 g/mol. The summed E-state index contributed by atoms with van der Waals surface area (Å²) < 4.78 is 4.76. The first-order valence-electron chi connectivity index (χ1n) is 5.13. The Morgan fingerprint density at radius 1 is 1.53 bits per heavy atom. The van der Waals surface area contributed by atoms with Crippen LogP contribution in [0.5, 0.6) is 0 Å². The SMILES string of the molecule is CCOC(=O)C(C)NC(=O)c1ccc(Cl)cn1. The van der Waals surface area contributed by atoms with E-state index in [4.69, 9.17) is 16.3 Å². The van der Waals surface area contributed by atoms with E-state index in [0.717, 1.165) is 0 Å². The van der Waals surface area contributed by atoms with Crippen LogP contribution in [0.25, 0.3) is 0 Å². The number of nitrogens with zero attached hydrogens (tertiary/aromatic N) is 1. The fourth-order valence-electron chi connectivity index (χ4n) is 1.11. The molecule has 0 aliphatic heterocycles. The Morgan fingerprint density at radius 3 is 2.76 bits per heavy atom. The average molecular weight is 257 g/mol. The Morgan fingerprint density at radius 2 is 2.24 bits per heavy atom. The molecule has 5 nitrogen and oxygen atoms in total.